The Morgan fingerprint density at radius 1 is 0.941 bits per heavy atom. The Kier molecular flexibility index (Phi) is 8.06. The fraction of sp³-hybridized carbons (Fsp3) is 0.571. The number of aliphatic hydroxyl groups is 1. The molecule has 1 aromatic carbocycles. The minimum Gasteiger partial charge on any atom is -0.394 e. The molecule has 0 spiro atoms. The summed E-state index contributed by atoms with van der Waals surface area (Å²) >= 11 is 5.82. The summed E-state index contributed by atoms with van der Waals surface area (Å²) in [6.07, 6.45) is 5.83. The molecule has 0 saturated carbocycles. The lowest BCUT2D eigenvalue weighted by molar-refractivity contribution is 0.0895. The molecule has 1 N–H and O–H groups in total. The molecule has 0 aliphatic carbocycles. The normalized spacial score (nSPS) is 10.7. The lowest BCUT2D eigenvalue weighted by Crippen LogP contribution is -2.00. The number of hydrogen-bond donors (Lipinski definition) is 1. The van der Waals surface area contributed by atoms with Gasteiger partial charge in [0.1, 0.15) is 0 Å². The average Bonchev–Trinajstić information content (AvgIpc) is 2.35. The third-order valence-electron chi connectivity index (χ3n) is 2.65. The van der Waals surface area contributed by atoms with Crippen molar-refractivity contribution in [1.29, 1.82) is 0 Å². The zero-order chi connectivity index (χ0) is 12.3. The lowest BCUT2D eigenvalue weighted by Gasteiger charge is -2.03. The van der Waals surface area contributed by atoms with Crippen LogP contribution in [0.4, 0.5) is 0 Å². The van der Waals surface area contributed by atoms with Crippen molar-refractivity contribution in [2.24, 2.45) is 0 Å². The molecule has 0 bridgehead atoms. The Morgan fingerprint density at radius 2 is 1.65 bits per heavy atom. The third-order valence-corrected chi connectivity index (χ3v) is 2.90. The summed E-state index contributed by atoms with van der Waals surface area (Å²) in [5.74, 6) is 0. The first-order chi connectivity index (χ1) is 8.33. The van der Waals surface area contributed by atoms with E-state index in [0.29, 0.717) is 6.61 Å². The van der Waals surface area contributed by atoms with Crippen molar-refractivity contribution in [3.05, 3.63) is 34.9 Å². The molecule has 96 valence electrons. The van der Waals surface area contributed by atoms with E-state index in [9.17, 15) is 0 Å². The molecular weight excluding hydrogens is 236 g/mol. The Balaban J connectivity index is 1.95. The van der Waals surface area contributed by atoms with Crippen LogP contribution in [0.2, 0.25) is 5.02 Å². The van der Waals surface area contributed by atoms with Gasteiger partial charge in [0.05, 0.1) is 13.2 Å². The highest BCUT2D eigenvalue weighted by atomic mass is 35.5. The van der Waals surface area contributed by atoms with Gasteiger partial charge < -0.3 is 9.84 Å². The fourth-order valence-corrected chi connectivity index (χ4v) is 1.83. The number of rotatable bonds is 9. The second kappa shape index (κ2) is 9.46. The molecule has 0 aromatic heterocycles. The van der Waals surface area contributed by atoms with E-state index in [-0.39, 0.29) is 6.61 Å². The Bertz CT molecular complexity index is 285. The highest BCUT2D eigenvalue weighted by Gasteiger charge is 1.94. The van der Waals surface area contributed by atoms with Crippen LogP contribution in [0.1, 0.15) is 31.2 Å². The number of benzene rings is 1. The van der Waals surface area contributed by atoms with Crippen LogP contribution in [-0.4, -0.2) is 24.9 Å². The van der Waals surface area contributed by atoms with Crippen molar-refractivity contribution in [3.63, 3.8) is 0 Å². The largest absolute Gasteiger partial charge is 0.394 e. The van der Waals surface area contributed by atoms with E-state index in [1.807, 2.05) is 12.1 Å². The number of hydrogen-bond acceptors (Lipinski definition) is 2. The van der Waals surface area contributed by atoms with Crippen molar-refractivity contribution in [1.82, 2.24) is 0 Å². The molecule has 0 aliphatic rings. The van der Waals surface area contributed by atoms with Gasteiger partial charge in [-0.1, -0.05) is 36.6 Å². The van der Waals surface area contributed by atoms with Crippen LogP contribution in [0.15, 0.2) is 24.3 Å². The predicted molar refractivity (Wildman–Crippen MR) is 71.5 cm³/mol. The van der Waals surface area contributed by atoms with Crippen LogP contribution in [0.5, 0.6) is 0 Å². The van der Waals surface area contributed by atoms with E-state index in [1.165, 1.54) is 24.8 Å². The van der Waals surface area contributed by atoms with Crippen molar-refractivity contribution >= 4 is 11.6 Å². The molecule has 0 amide bonds. The van der Waals surface area contributed by atoms with Gasteiger partial charge in [-0.15, -0.1) is 0 Å². The smallest absolute Gasteiger partial charge is 0.0697 e. The first-order valence-corrected chi connectivity index (χ1v) is 6.64. The Hall–Kier alpha value is -0.570. The van der Waals surface area contributed by atoms with Gasteiger partial charge in [0.2, 0.25) is 0 Å². The van der Waals surface area contributed by atoms with Crippen molar-refractivity contribution < 1.29 is 9.84 Å². The first kappa shape index (κ1) is 14.5. The predicted octanol–water partition coefficient (Wildman–Crippen LogP) is 3.45. The maximum Gasteiger partial charge on any atom is 0.0697 e. The average molecular weight is 257 g/mol. The molecule has 1 rings (SSSR count). The molecule has 0 atom stereocenters. The summed E-state index contributed by atoms with van der Waals surface area (Å²) in [6, 6.07) is 8.07. The van der Waals surface area contributed by atoms with Crippen LogP contribution in [-0.2, 0) is 11.2 Å². The molecule has 0 fully saturated rings. The van der Waals surface area contributed by atoms with Crippen molar-refractivity contribution in [2.45, 2.75) is 32.1 Å². The van der Waals surface area contributed by atoms with Crippen LogP contribution >= 0.6 is 11.6 Å². The van der Waals surface area contributed by atoms with Gasteiger partial charge in [0, 0.05) is 11.6 Å². The monoisotopic (exact) mass is 256 g/mol. The summed E-state index contributed by atoms with van der Waals surface area (Å²) in [5, 5.41) is 9.32. The molecule has 0 unspecified atom stereocenters. The van der Waals surface area contributed by atoms with E-state index >= 15 is 0 Å². The second-order valence-corrected chi connectivity index (χ2v) is 4.56. The van der Waals surface area contributed by atoms with Gasteiger partial charge in [-0.3, -0.25) is 0 Å². The number of aliphatic hydroxyl groups excluding tert-OH is 1. The summed E-state index contributed by atoms with van der Waals surface area (Å²) in [7, 11) is 0. The van der Waals surface area contributed by atoms with Gasteiger partial charge in [-0.2, -0.15) is 0 Å². The van der Waals surface area contributed by atoms with Crippen LogP contribution < -0.4 is 0 Å². The standard InChI is InChI=1S/C14H21ClO2/c15-14-8-6-13(7-9-14)5-3-1-2-4-11-17-12-10-16/h6-9,16H,1-5,10-12H2. The van der Waals surface area contributed by atoms with Gasteiger partial charge in [0.25, 0.3) is 0 Å². The van der Waals surface area contributed by atoms with E-state index in [2.05, 4.69) is 12.1 Å². The van der Waals surface area contributed by atoms with Crippen molar-refractivity contribution in [3.8, 4) is 0 Å². The van der Waals surface area contributed by atoms with Gasteiger partial charge in [-0.25, -0.2) is 0 Å². The van der Waals surface area contributed by atoms with E-state index in [1.54, 1.807) is 0 Å². The van der Waals surface area contributed by atoms with Gasteiger partial charge >= 0.3 is 0 Å². The zero-order valence-electron chi connectivity index (χ0n) is 10.2. The maximum atomic E-state index is 8.52. The highest BCUT2D eigenvalue weighted by Crippen LogP contribution is 2.12. The minimum absolute atomic E-state index is 0.122. The third kappa shape index (κ3) is 7.37. The number of unbranched alkanes of at least 4 members (excludes halogenated alkanes) is 3. The topological polar surface area (TPSA) is 29.5 Å². The molecule has 3 heteroatoms. The molecule has 17 heavy (non-hydrogen) atoms. The Labute approximate surface area is 109 Å². The second-order valence-electron chi connectivity index (χ2n) is 4.13. The number of aryl methyl sites for hydroxylation is 1. The molecule has 0 radical (unpaired) electrons. The summed E-state index contributed by atoms with van der Waals surface area (Å²) in [6.45, 7) is 1.35. The first-order valence-electron chi connectivity index (χ1n) is 6.26. The zero-order valence-corrected chi connectivity index (χ0v) is 11.0. The van der Waals surface area contributed by atoms with E-state index in [0.717, 1.165) is 24.5 Å². The molecule has 0 saturated heterocycles. The number of halogens is 1. The van der Waals surface area contributed by atoms with E-state index in [4.69, 9.17) is 21.4 Å². The highest BCUT2D eigenvalue weighted by molar-refractivity contribution is 6.30. The van der Waals surface area contributed by atoms with Crippen LogP contribution in [0.3, 0.4) is 0 Å². The fourth-order valence-electron chi connectivity index (χ4n) is 1.70. The van der Waals surface area contributed by atoms with E-state index < -0.39 is 0 Å². The number of ether oxygens (including phenoxy) is 1. The Morgan fingerprint density at radius 3 is 2.35 bits per heavy atom. The molecule has 0 aliphatic heterocycles. The SMILES string of the molecule is OCCOCCCCCCc1ccc(Cl)cc1. The van der Waals surface area contributed by atoms with Crippen LogP contribution in [0, 0.1) is 0 Å². The molecule has 1 aromatic rings. The summed E-state index contributed by atoms with van der Waals surface area (Å²) in [4.78, 5) is 0. The van der Waals surface area contributed by atoms with Crippen molar-refractivity contribution in [2.75, 3.05) is 19.8 Å². The molecular formula is C14H21ClO2. The minimum atomic E-state index is 0.122. The molecule has 2 nitrogen and oxygen atoms in total. The summed E-state index contributed by atoms with van der Waals surface area (Å²) in [5.41, 5.74) is 1.35. The summed E-state index contributed by atoms with van der Waals surface area (Å²) < 4.78 is 5.20. The molecule has 0 heterocycles. The van der Waals surface area contributed by atoms with Gasteiger partial charge in [-0.05, 0) is 37.0 Å². The quantitative estimate of drug-likeness (QED) is 0.686. The maximum absolute atomic E-state index is 8.52. The van der Waals surface area contributed by atoms with Crippen LogP contribution in [0.25, 0.3) is 0 Å². The lowest BCUT2D eigenvalue weighted by atomic mass is 10.1. The van der Waals surface area contributed by atoms with Gasteiger partial charge in [0.15, 0.2) is 0 Å².